The molecule has 0 aliphatic heterocycles. The quantitative estimate of drug-likeness (QED) is 0.760. The molecule has 2 aromatic rings. The van der Waals surface area contributed by atoms with Crippen molar-refractivity contribution < 1.29 is 8.42 Å². The van der Waals surface area contributed by atoms with Crippen LogP contribution in [-0.4, -0.2) is 19.4 Å². The average molecular weight is 295 g/mol. The zero-order chi connectivity index (χ0) is 15.1. The first-order valence-electron chi connectivity index (χ1n) is 6.50. The van der Waals surface area contributed by atoms with Gasteiger partial charge in [-0.05, 0) is 30.5 Å². The predicted octanol–water partition coefficient (Wildman–Crippen LogP) is 2.46. The largest absolute Gasteiger partial charge is 0.399 e. The van der Waals surface area contributed by atoms with Gasteiger partial charge in [0.2, 0.25) is 10.0 Å². The number of aromatic amines is 1. The molecular formula is C14H21N3O2S. The average Bonchev–Trinajstić information content (AvgIpc) is 2.70. The molecule has 1 heterocycles. The van der Waals surface area contributed by atoms with Gasteiger partial charge < -0.3 is 10.7 Å². The number of hydrogen-bond acceptors (Lipinski definition) is 3. The van der Waals surface area contributed by atoms with Crippen molar-refractivity contribution in [2.75, 3.05) is 5.73 Å². The molecule has 1 aromatic carbocycles. The van der Waals surface area contributed by atoms with Crippen LogP contribution in [0.5, 0.6) is 0 Å². The molecule has 20 heavy (non-hydrogen) atoms. The summed E-state index contributed by atoms with van der Waals surface area (Å²) in [7, 11) is -3.56. The SMILES string of the molecule is CC(NS(=O)(=O)c1c[nH]c2cc(N)ccc12)C(C)(C)C. The van der Waals surface area contributed by atoms with Gasteiger partial charge in [0.15, 0.2) is 0 Å². The van der Waals surface area contributed by atoms with Crippen molar-refractivity contribution in [3.8, 4) is 0 Å². The lowest BCUT2D eigenvalue weighted by molar-refractivity contribution is 0.318. The van der Waals surface area contributed by atoms with Gasteiger partial charge >= 0.3 is 0 Å². The first kappa shape index (κ1) is 14.9. The molecule has 110 valence electrons. The van der Waals surface area contributed by atoms with E-state index in [1.54, 1.807) is 18.2 Å². The molecule has 1 unspecified atom stereocenters. The minimum Gasteiger partial charge on any atom is -0.399 e. The van der Waals surface area contributed by atoms with Crippen molar-refractivity contribution in [2.24, 2.45) is 5.41 Å². The second kappa shape index (κ2) is 4.79. The van der Waals surface area contributed by atoms with E-state index in [2.05, 4.69) is 9.71 Å². The van der Waals surface area contributed by atoms with Gasteiger partial charge in [-0.3, -0.25) is 0 Å². The molecule has 0 saturated heterocycles. The summed E-state index contributed by atoms with van der Waals surface area (Å²) in [5.41, 5.74) is 6.86. The lowest BCUT2D eigenvalue weighted by Gasteiger charge is -2.27. The minimum atomic E-state index is -3.56. The Labute approximate surface area is 119 Å². The summed E-state index contributed by atoms with van der Waals surface area (Å²) in [5.74, 6) is 0. The van der Waals surface area contributed by atoms with E-state index in [9.17, 15) is 8.42 Å². The number of nitrogens with one attached hydrogen (secondary N) is 2. The van der Waals surface area contributed by atoms with E-state index in [1.807, 2.05) is 27.7 Å². The fourth-order valence-electron chi connectivity index (χ4n) is 1.81. The molecule has 5 nitrogen and oxygen atoms in total. The van der Waals surface area contributed by atoms with E-state index in [1.165, 1.54) is 6.20 Å². The number of anilines is 1. The first-order valence-corrected chi connectivity index (χ1v) is 7.98. The molecule has 1 atom stereocenters. The van der Waals surface area contributed by atoms with Crippen molar-refractivity contribution in [2.45, 2.75) is 38.6 Å². The molecule has 0 fully saturated rings. The number of hydrogen-bond donors (Lipinski definition) is 3. The molecule has 6 heteroatoms. The summed E-state index contributed by atoms with van der Waals surface area (Å²) in [6.45, 7) is 7.85. The number of nitrogen functional groups attached to an aromatic ring is 1. The molecule has 0 radical (unpaired) electrons. The Kier molecular flexibility index (Phi) is 3.56. The van der Waals surface area contributed by atoms with Gasteiger partial charge in [0.05, 0.1) is 0 Å². The number of rotatable bonds is 3. The summed E-state index contributed by atoms with van der Waals surface area (Å²) >= 11 is 0. The molecule has 0 spiro atoms. The summed E-state index contributed by atoms with van der Waals surface area (Å²) in [4.78, 5) is 3.20. The zero-order valence-corrected chi connectivity index (χ0v) is 13.0. The maximum absolute atomic E-state index is 12.5. The summed E-state index contributed by atoms with van der Waals surface area (Å²) < 4.78 is 27.7. The smallest absolute Gasteiger partial charge is 0.242 e. The van der Waals surface area contributed by atoms with Gasteiger partial charge in [0, 0.05) is 28.8 Å². The van der Waals surface area contributed by atoms with Gasteiger partial charge in [-0.25, -0.2) is 13.1 Å². The van der Waals surface area contributed by atoms with E-state index in [4.69, 9.17) is 5.73 Å². The van der Waals surface area contributed by atoms with Gasteiger partial charge in [-0.1, -0.05) is 20.8 Å². The van der Waals surface area contributed by atoms with Crippen LogP contribution in [-0.2, 0) is 10.0 Å². The van der Waals surface area contributed by atoms with E-state index < -0.39 is 10.0 Å². The van der Waals surface area contributed by atoms with E-state index in [-0.39, 0.29) is 16.4 Å². The van der Waals surface area contributed by atoms with Crippen LogP contribution in [0, 0.1) is 5.41 Å². The van der Waals surface area contributed by atoms with Crippen LogP contribution >= 0.6 is 0 Å². The fraction of sp³-hybridized carbons (Fsp3) is 0.429. The van der Waals surface area contributed by atoms with E-state index in [0.29, 0.717) is 16.6 Å². The van der Waals surface area contributed by atoms with Crippen molar-refractivity contribution in [3.05, 3.63) is 24.4 Å². The van der Waals surface area contributed by atoms with Crippen molar-refractivity contribution in [1.82, 2.24) is 9.71 Å². The highest BCUT2D eigenvalue weighted by Gasteiger charge is 2.27. The number of sulfonamides is 1. The Bertz CT molecular complexity index is 726. The molecule has 0 bridgehead atoms. The van der Waals surface area contributed by atoms with Crippen molar-refractivity contribution >= 4 is 26.6 Å². The molecular weight excluding hydrogens is 274 g/mol. The Morgan fingerprint density at radius 3 is 2.55 bits per heavy atom. The Morgan fingerprint density at radius 2 is 1.95 bits per heavy atom. The topological polar surface area (TPSA) is 88.0 Å². The molecule has 0 aliphatic carbocycles. The zero-order valence-electron chi connectivity index (χ0n) is 12.2. The summed E-state index contributed by atoms with van der Waals surface area (Å²) in [5, 5.41) is 0.646. The van der Waals surface area contributed by atoms with E-state index >= 15 is 0 Å². The normalized spacial score (nSPS) is 14.6. The highest BCUT2D eigenvalue weighted by molar-refractivity contribution is 7.89. The Morgan fingerprint density at radius 1 is 1.30 bits per heavy atom. The van der Waals surface area contributed by atoms with Gasteiger partial charge in [-0.2, -0.15) is 0 Å². The minimum absolute atomic E-state index is 0.149. The van der Waals surface area contributed by atoms with Gasteiger partial charge in [0.1, 0.15) is 4.90 Å². The summed E-state index contributed by atoms with van der Waals surface area (Å²) in [6.07, 6.45) is 1.50. The van der Waals surface area contributed by atoms with Crippen LogP contribution in [0.3, 0.4) is 0 Å². The number of H-pyrrole nitrogens is 1. The molecule has 4 N–H and O–H groups in total. The maximum Gasteiger partial charge on any atom is 0.242 e. The molecule has 2 rings (SSSR count). The standard InChI is InChI=1S/C14H21N3O2S/c1-9(14(2,3)4)17-20(18,19)13-8-16-12-7-10(15)5-6-11(12)13/h5-9,16-17H,15H2,1-4H3. The second-order valence-corrected chi connectivity index (χ2v) is 7.85. The van der Waals surface area contributed by atoms with Crippen LogP contribution < -0.4 is 10.5 Å². The van der Waals surface area contributed by atoms with Crippen molar-refractivity contribution in [1.29, 1.82) is 0 Å². The van der Waals surface area contributed by atoms with Crippen LogP contribution in [0.25, 0.3) is 10.9 Å². The number of fused-ring (bicyclic) bond motifs is 1. The van der Waals surface area contributed by atoms with Crippen LogP contribution in [0.1, 0.15) is 27.7 Å². The highest BCUT2D eigenvalue weighted by Crippen LogP contribution is 2.26. The van der Waals surface area contributed by atoms with Crippen LogP contribution in [0.4, 0.5) is 5.69 Å². The summed E-state index contributed by atoms with van der Waals surface area (Å²) in [6, 6.07) is 4.97. The maximum atomic E-state index is 12.5. The molecule has 0 amide bonds. The first-order chi connectivity index (χ1) is 9.11. The van der Waals surface area contributed by atoms with Gasteiger partial charge in [0.25, 0.3) is 0 Å². The lowest BCUT2D eigenvalue weighted by Crippen LogP contribution is -2.41. The van der Waals surface area contributed by atoms with Gasteiger partial charge in [-0.15, -0.1) is 0 Å². The van der Waals surface area contributed by atoms with Crippen LogP contribution in [0.2, 0.25) is 0 Å². The fourth-order valence-corrected chi connectivity index (χ4v) is 3.44. The van der Waals surface area contributed by atoms with Crippen molar-refractivity contribution in [3.63, 3.8) is 0 Å². The Hall–Kier alpha value is -1.53. The monoisotopic (exact) mass is 295 g/mol. The Balaban J connectivity index is 2.42. The molecule has 0 saturated carbocycles. The molecule has 1 aromatic heterocycles. The third kappa shape index (κ3) is 2.81. The second-order valence-electron chi connectivity index (χ2n) is 6.17. The number of aromatic nitrogens is 1. The molecule has 0 aliphatic rings. The number of benzene rings is 1. The predicted molar refractivity (Wildman–Crippen MR) is 81.9 cm³/mol. The third-order valence-corrected chi connectivity index (χ3v) is 5.17. The highest BCUT2D eigenvalue weighted by atomic mass is 32.2. The van der Waals surface area contributed by atoms with E-state index in [0.717, 1.165) is 0 Å². The number of nitrogens with two attached hydrogens (primary N) is 1. The van der Waals surface area contributed by atoms with Crippen LogP contribution in [0.15, 0.2) is 29.3 Å². The third-order valence-electron chi connectivity index (χ3n) is 3.59. The lowest BCUT2D eigenvalue weighted by atomic mass is 9.89.